The number of nitrogens with zero attached hydrogens (tertiary/aromatic N) is 5. The van der Waals surface area contributed by atoms with Crippen molar-refractivity contribution in [1.29, 1.82) is 10.5 Å². The summed E-state index contributed by atoms with van der Waals surface area (Å²) in [4.78, 5) is 16.7. The van der Waals surface area contributed by atoms with Gasteiger partial charge in [0.25, 0.3) is 5.69 Å². The van der Waals surface area contributed by atoms with Crippen LogP contribution in [0.5, 0.6) is 17.4 Å². The van der Waals surface area contributed by atoms with Crippen LogP contribution in [0.3, 0.4) is 0 Å². The Morgan fingerprint density at radius 2 is 1.97 bits per heavy atom. The van der Waals surface area contributed by atoms with Crippen LogP contribution in [-0.4, -0.2) is 36.1 Å². The first-order chi connectivity index (χ1) is 16.2. The van der Waals surface area contributed by atoms with Gasteiger partial charge < -0.3 is 30.2 Å². The van der Waals surface area contributed by atoms with Gasteiger partial charge in [0.05, 0.1) is 47.1 Å². The molecule has 34 heavy (non-hydrogen) atoms. The van der Waals surface area contributed by atoms with Crippen molar-refractivity contribution in [3.8, 4) is 40.8 Å². The normalized spacial score (nSPS) is 10.3. The molecule has 0 radical (unpaired) electrons. The summed E-state index contributed by atoms with van der Waals surface area (Å²) in [6.07, 6.45) is 0. The van der Waals surface area contributed by atoms with Gasteiger partial charge in [-0.15, -0.1) is 0 Å². The zero-order valence-corrected chi connectivity index (χ0v) is 19.6. The van der Waals surface area contributed by atoms with Crippen molar-refractivity contribution < 1.29 is 28.6 Å². The molecule has 3 rings (SSSR count). The Labute approximate surface area is 202 Å². The smallest absolute Gasteiger partial charge is 0.266 e. The van der Waals surface area contributed by atoms with E-state index in [4.69, 9.17) is 26.8 Å². The molecule has 14 heteroatoms. The fourth-order valence-corrected chi connectivity index (χ4v) is 4.03. The molecule has 0 atom stereocenters. The molecule has 174 valence electrons. The first-order valence-electron chi connectivity index (χ1n) is 9.26. The number of ether oxygens (including phenoxy) is 2. The summed E-state index contributed by atoms with van der Waals surface area (Å²) >= 11 is 7.01. The Morgan fingerprint density at radius 3 is 2.53 bits per heavy atom. The van der Waals surface area contributed by atoms with E-state index >= 15 is 0 Å². The molecule has 0 spiro atoms. The van der Waals surface area contributed by atoms with E-state index in [1.54, 1.807) is 0 Å². The lowest BCUT2D eigenvalue weighted by Gasteiger charge is -2.13. The van der Waals surface area contributed by atoms with E-state index in [-0.39, 0.29) is 44.0 Å². The zero-order valence-electron chi connectivity index (χ0n) is 18.0. The third-order valence-electron chi connectivity index (χ3n) is 4.50. The molecule has 0 aliphatic heterocycles. The number of pyridine rings is 1. The summed E-state index contributed by atoms with van der Waals surface area (Å²) in [7, 11) is 4.28. The van der Waals surface area contributed by atoms with Crippen molar-refractivity contribution in [1.82, 2.24) is 10.3 Å². The number of methoxy groups -OCH3 is 2. The molecule has 0 unspecified atom stereocenters. The number of amides is 1. The highest BCUT2D eigenvalue weighted by atomic mass is 35.5. The highest BCUT2D eigenvalue weighted by molar-refractivity contribution is 8.00. The predicted octanol–water partition coefficient (Wildman–Crippen LogP) is 1.36. The number of nitrogen functional groups attached to an aromatic ring is 1. The largest absolute Gasteiger partial charge is 0.539 e. The van der Waals surface area contributed by atoms with Crippen LogP contribution in [0.1, 0.15) is 11.1 Å². The number of nitrogens with two attached hydrogens (primary N) is 1. The SMILES string of the molecule is COc1cc(OC)c(NC(=O)CSc2nc(N)c(C#N)c(-c3c([O-])on[n+]3C)c2C#N)cc1Cl. The minimum atomic E-state index is -0.863. The van der Waals surface area contributed by atoms with Crippen molar-refractivity contribution >= 4 is 40.8 Å². The number of thioether (sulfide) groups is 1. The highest BCUT2D eigenvalue weighted by Crippen LogP contribution is 2.38. The van der Waals surface area contributed by atoms with Gasteiger partial charge in [0.1, 0.15) is 40.0 Å². The van der Waals surface area contributed by atoms with Crippen molar-refractivity contribution in [3.63, 3.8) is 0 Å². The average molecular weight is 502 g/mol. The standard InChI is InChI=1S/C20H16ClN7O5S/c1-28-17(20(30)33-27-28)16-9(6-22)18(24)26-19(10(16)7-23)34-8-15(29)25-12-4-11(21)13(31-2)5-14(12)32-3/h4-5H,8H2,1-3H3,(H3-,24,25,26,27,29,30). The fraction of sp³-hybridized carbons (Fsp3) is 0.200. The molecular formula is C20H16ClN7O5S. The van der Waals surface area contributed by atoms with E-state index in [1.165, 1.54) is 33.4 Å². The lowest BCUT2D eigenvalue weighted by molar-refractivity contribution is -0.730. The van der Waals surface area contributed by atoms with Crippen LogP contribution in [0.25, 0.3) is 11.3 Å². The molecule has 0 aliphatic rings. The summed E-state index contributed by atoms with van der Waals surface area (Å²) in [5.74, 6) is -1.06. The molecule has 3 aromatic rings. The van der Waals surface area contributed by atoms with E-state index in [0.29, 0.717) is 17.2 Å². The second-order valence-corrected chi connectivity index (χ2v) is 7.88. The van der Waals surface area contributed by atoms with Gasteiger partial charge in [0.2, 0.25) is 5.91 Å². The summed E-state index contributed by atoms with van der Waals surface area (Å²) in [5, 5.41) is 38.0. The fourth-order valence-electron chi connectivity index (χ4n) is 3.00. The molecule has 0 bridgehead atoms. The number of carbonyl (C=O) groups excluding carboxylic acids is 1. The summed E-state index contributed by atoms with van der Waals surface area (Å²) in [6, 6.07) is 6.77. The maximum atomic E-state index is 12.6. The number of carbonyl (C=O) groups is 1. The predicted molar refractivity (Wildman–Crippen MR) is 118 cm³/mol. The lowest BCUT2D eigenvalue weighted by Crippen LogP contribution is -2.32. The van der Waals surface area contributed by atoms with Crippen LogP contribution in [0, 0.1) is 22.7 Å². The van der Waals surface area contributed by atoms with Crippen molar-refractivity contribution in [2.45, 2.75) is 5.03 Å². The number of benzene rings is 1. The third-order valence-corrected chi connectivity index (χ3v) is 5.77. The molecule has 0 saturated carbocycles. The molecule has 1 amide bonds. The van der Waals surface area contributed by atoms with Gasteiger partial charge in [-0.05, 0) is 6.07 Å². The van der Waals surface area contributed by atoms with Crippen molar-refractivity contribution in [2.24, 2.45) is 7.05 Å². The quantitative estimate of drug-likeness (QED) is 0.351. The molecule has 0 aliphatic carbocycles. The molecule has 1 aromatic carbocycles. The van der Waals surface area contributed by atoms with Gasteiger partial charge >= 0.3 is 0 Å². The number of hydrogen-bond donors (Lipinski definition) is 2. The first kappa shape index (κ1) is 24.4. The van der Waals surface area contributed by atoms with E-state index in [9.17, 15) is 20.4 Å². The minimum absolute atomic E-state index is 0.0458. The summed E-state index contributed by atoms with van der Waals surface area (Å²) < 4.78 is 16.1. The van der Waals surface area contributed by atoms with Crippen LogP contribution in [0.2, 0.25) is 5.02 Å². The molecule has 12 nitrogen and oxygen atoms in total. The zero-order chi connectivity index (χ0) is 25.0. The number of nitrogens with one attached hydrogen (secondary N) is 1. The monoisotopic (exact) mass is 501 g/mol. The number of anilines is 2. The van der Waals surface area contributed by atoms with Gasteiger partial charge in [-0.25, -0.2) is 4.98 Å². The van der Waals surface area contributed by atoms with E-state index in [2.05, 4.69) is 20.1 Å². The number of aryl methyl sites for hydroxylation is 1. The van der Waals surface area contributed by atoms with Crippen LogP contribution in [-0.2, 0) is 11.8 Å². The van der Waals surface area contributed by atoms with E-state index < -0.39 is 11.9 Å². The Kier molecular flexibility index (Phi) is 7.31. The molecule has 0 fully saturated rings. The first-order valence-corrected chi connectivity index (χ1v) is 10.6. The third kappa shape index (κ3) is 4.61. The average Bonchev–Trinajstić information content (AvgIpc) is 3.14. The van der Waals surface area contributed by atoms with E-state index in [0.717, 1.165) is 16.4 Å². The maximum absolute atomic E-state index is 12.6. The Morgan fingerprint density at radius 1 is 1.29 bits per heavy atom. The van der Waals surface area contributed by atoms with Gasteiger partial charge in [-0.1, -0.05) is 28.0 Å². The summed E-state index contributed by atoms with van der Waals surface area (Å²) in [6.45, 7) is 0. The number of aromatic nitrogens is 3. The van der Waals surface area contributed by atoms with Gasteiger partial charge in [0, 0.05) is 6.07 Å². The van der Waals surface area contributed by atoms with Crippen molar-refractivity contribution in [3.05, 3.63) is 28.3 Å². The van der Waals surface area contributed by atoms with Crippen LogP contribution in [0.4, 0.5) is 11.5 Å². The molecule has 0 saturated heterocycles. The maximum Gasteiger partial charge on any atom is 0.266 e. The number of hydrogen-bond acceptors (Lipinski definition) is 11. The minimum Gasteiger partial charge on any atom is -0.539 e. The Balaban J connectivity index is 1.93. The van der Waals surface area contributed by atoms with Gasteiger partial charge in [0.15, 0.2) is 13.0 Å². The lowest BCUT2D eigenvalue weighted by atomic mass is 10.0. The second kappa shape index (κ2) is 10.2. The van der Waals surface area contributed by atoms with Crippen LogP contribution >= 0.6 is 23.4 Å². The van der Waals surface area contributed by atoms with Gasteiger partial charge in [-0.3, -0.25) is 4.79 Å². The molecular weight excluding hydrogens is 486 g/mol. The van der Waals surface area contributed by atoms with Gasteiger partial charge in [-0.2, -0.15) is 10.5 Å². The molecule has 2 heterocycles. The number of halogens is 1. The Hall–Kier alpha value is -4.20. The van der Waals surface area contributed by atoms with E-state index in [1.807, 2.05) is 12.1 Å². The molecule has 3 N–H and O–H groups in total. The highest BCUT2D eigenvalue weighted by Gasteiger charge is 2.29. The topological polar surface area (TPSA) is 187 Å². The number of rotatable bonds is 7. The van der Waals surface area contributed by atoms with Crippen LogP contribution in [0.15, 0.2) is 21.7 Å². The summed E-state index contributed by atoms with van der Waals surface area (Å²) in [5.41, 5.74) is 5.70. The molecule has 2 aromatic heterocycles. The van der Waals surface area contributed by atoms with Crippen molar-refractivity contribution in [2.75, 3.05) is 31.0 Å². The second-order valence-electron chi connectivity index (χ2n) is 6.51. The Bertz CT molecular complexity index is 1340. The number of nitriles is 2. The van der Waals surface area contributed by atoms with Crippen LogP contribution < -0.4 is 30.3 Å².